The van der Waals surface area contributed by atoms with E-state index in [2.05, 4.69) is 60.7 Å². The number of thioether (sulfide) groups is 1. The van der Waals surface area contributed by atoms with E-state index in [0.717, 1.165) is 22.5 Å². The van der Waals surface area contributed by atoms with Crippen LogP contribution in [0.3, 0.4) is 0 Å². The molecule has 4 aromatic rings. The first-order chi connectivity index (χ1) is 12.8. The molecule has 1 aromatic heterocycles. The monoisotopic (exact) mass is 360 g/mol. The molecule has 0 radical (unpaired) electrons. The van der Waals surface area contributed by atoms with Gasteiger partial charge >= 0.3 is 0 Å². The average molecular weight is 360 g/mol. The second-order valence-corrected chi connectivity index (χ2v) is 7.33. The van der Waals surface area contributed by atoms with Crippen LogP contribution in [0.1, 0.15) is 22.6 Å². The van der Waals surface area contributed by atoms with Crippen molar-refractivity contribution >= 4 is 22.7 Å². The number of aromatic hydroxyl groups is 1. The van der Waals surface area contributed by atoms with Crippen molar-refractivity contribution in [3.63, 3.8) is 0 Å². The smallest absolute Gasteiger partial charge is 0.175 e. The highest BCUT2D eigenvalue weighted by Crippen LogP contribution is 2.33. The summed E-state index contributed by atoms with van der Waals surface area (Å²) in [5, 5.41) is 10.9. The summed E-state index contributed by atoms with van der Waals surface area (Å²) < 4.78 is 5.54. The van der Waals surface area contributed by atoms with Crippen LogP contribution in [0.4, 0.5) is 0 Å². The van der Waals surface area contributed by atoms with Crippen LogP contribution in [0.5, 0.6) is 5.75 Å². The van der Waals surface area contributed by atoms with Crippen molar-refractivity contribution in [2.24, 2.45) is 0 Å². The fourth-order valence-corrected chi connectivity index (χ4v) is 4.43. The Bertz CT molecular complexity index is 937. The first-order valence-corrected chi connectivity index (χ1v) is 9.84. The van der Waals surface area contributed by atoms with Crippen molar-refractivity contribution in [3.05, 3.63) is 102 Å². The van der Waals surface area contributed by atoms with E-state index in [1.807, 2.05) is 23.9 Å². The van der Waals surface area contributed by atoms with Gasteiger partial charge in [-0.05, 0) is 17.2 Å². The topological polar surface area (TPSA) is 33.4 Å². The molecular weight excluding hydrogens is 340 g/mol. The third-order valence-electron chi connectivity index (χ3n) is 4.61. The summed E-state index contributed by atoms with van der Waals surface area (Å²) in [6, 6.07) is 26.8. The number of fused-ring (bicyclic) bond motifs is 1. The average Bonchev–Trinajstić information content (AvgIpc) is 3.11. The Hall–Kier alpha value is -2.65. The quantitative estimate of drug-likeness (QED) is 0.444. The fourth-order valence-electron chi connectivity index (χ4n) is 3.25. The zero-order valence-electron chi connectivity index (χ0n) is 14.3. The molecule has 0 spiro atoms. The summed E-state index contributed by atoms with van der Waals surface area (Å²) in [4.78, 5) is 0. The Morgan fingerprint density at radius 3 is 2.12 bits per heavy atom. The summed E-state index contributed by atoms with van der Waals surface area (Å²) in [7, 11) is 0. The number of furan rings is 1. The fraction of sp³-hybridized carbons (Fsp3) is 0.130. The molecule has 0 saturated carbocycles. The minimum absolute atomic E-state index is 0.199. The van der Waals surface area contributed by atoms with E-state index in [-0.39, 0.29) is 5.75 Å². The van der Waals surface area contributed by atoms with Crippen molar-refractivity contribution in [2.75, 3.05) is 5.75 Å². The Balaban J connectivity index is 1.52. The van der Waals surface area contributed by atoms with Crippen LogP contribution in [0.25, 0.3) is 11.0 Å². The number of hydrogen-bond donors (Lipinski definition) is 1. The SMILES string of the molecule is Oc1cccc2c(CSCC(c3ccccc3)c3ccccc3)coc12. The maximum Gasteiger partial charge on any atom is 0.175 e. The van der Waals surface area contributed by atoms with E-state index in [1.165, 1.54) is 11.1 Å². The minimum Gasteiger partial charge on any atom is -0.504 e. The molecule has 26 heavy (non-hydrogen) atoms. The van der Waals surface area contributed by atoms with Crippen LogP contribution in [-0.4, -0.2) is 10.9 Å². The van der Waals surface area contributed by atoms with Gasteiger partial charge in [-0.1, -0.05) is 72.8 Å². The Labute approximate surface area is 157 Å². The lowest BCUT2D eigenvalue weighted by Gasteiger charge is -2.17. The van der Waals surface area contributed by atoms with Gasteiger partial charge in [-0.2, -0.15) is 11.8 Å². The first-order valence-electron chi connectivity index (χ1n) is 8.68. The van der Waals surface area contributed by atoms with Crippen molar-refractivity contribution in [3.8, 4) is 5.75 Å². The summed E-state index contributed by atoms with van der Waals surface area (Å²) in [5.41, 5.74) is 4.37. The lowest BCUT2D eigenvalue weighted by Crippen LogP contribution is -2.04. The molecule has 0 aliphatic carbocycles. The lowest BCUT2D eigenvalue weighted by atomic mass is 9.93. The first kappa shape index (κ1) is 16.8. The molecule has 1 N–H and O–H groups in total. The highest BCUT2D eigenvalue weighted by molar-refractivity contribution is 7.98. The van der Waals surface area contributed by atoms with E-state index in [9.17, 15) is 5.11 Å². The zero-order chi connectivity index (χ0) is 17.8. The molecule has 3 heteroatoms. The van der Waals surface area contributed by atoms with Crippen molar-refractivity contribution in [1.82, 2.24) is 0 Å². The molecule has 0 bridgehead atoms. The summed E-state index contributed by atoms with van der Waals surface area (Å²) in [6.07, 6.45) is 1.76. The third-order valence-corrected chi connectivity index (χ3v) is 5.69. The molecule has 0 saturated heterocycles. The minimum atomic E-state index is 0.199. The van der Waals surface area contributed by atoms with Gasteiger partial charge in [0.15, 0.2) is 11.3 Å². The molecule has 130 valence electrons. The predicted molar refractivity (Wildman–Crippen MR) is 109 cm³/mol. The number of phenolic OH excluding ortho intramolecular Hbond substituents is 1. The Kier molecular flexibility index (Phi) is 4.98. The Morgan fingerprint density at radius 1 is 0.808 bits per heavy atom. The lowest BCUT2D eigenvalue weighted by molar-refractivity contribution is 0.465. The molecule has 0 atom stereocenters. The molecule has 2 nitrogen and oxygen atoms in total. The van der Waals surface area contributed by atoms with Gasteiger partial charge in [0.2, 0.25) is 0 Å². The van der Waals surface area contributed by atoms with E-state index in [0.29, 0.717) is 11.5 Å². The van der Waals surface area contributed by atoms with Crippen LogP contribution in [0.2, 0.25) is 0 Å². The van der Waals surface area contributed by atoms with E-state index in [1.54, 1.807) is 12.3 Å². The van der Waals surface area contributed by atoms with Gasteiger partial charge in [-0.25, -0.2) is 0 Å². The van der Waals surface area contributed by atoms with Crippen LogP contribution in [0, 0.1) is 0 Å². The van der Waals surface area contributed by atoms with Crippen LogP contribution in [-0.2, 0) is 5.75 Å². The molecule has 0 unspecified atom stereocenters. The zero-order valence-corrected chi connectivity index (χ0v) is 15.2. The molecule has 0 aliphatic rings. The molecular formula is C23H20O2S. The standard InChI is InChI=1S/C23H20O2S/c24-22-13-7-12-20-19(14-25-23(20)22)15-26-16-21(17-8-3-1-4-9-17)18-10-5-2-6-11-18/h1-14,21,24H,15-16H2. The van der Waals surface area contributed by atoms with Crippen molar-refractivity contribution in [2.45, 2.75) is 11.7 Å². The maximum absolute atomic E-state index is 9.89. The van der Waals surface area contributed by atoms with Gasteiger partial charge in [0.05, 0.1) is 6.26 Å². The Morgan fingerprint density at radius 2 is 1.46 bits per heavy atom. The summed E-state index contributed by atoms with van der Waals surface area (Å²) in [6.45, 7) is 0. The van der Waals surface area contributed by atoms with E-state index >= 15 is 0 Å². The van der Waals surface area contributed by atoms with Gasteiger partial charge < -0.3 is 9.52 Å². The number of phenols is 1. The van der Waals surface area contributed by atoms with Crippen molar-refractivity contribution in [1.29, 1.82) is 0 Å². The summed E-state index contributed by atoms with van der Waals surface area (Å²) >= 11 is 1.89. The molecule has 0 fully saturated rings. The van der Waals surface area contributed by atoms with E-state index < -0.39 is 0 Å². The summed E-state index contributed by atoms with van der Waals surface area (Å²) in [5.74, 6) is 2.39. The number of para-hydroxylation sites is 1. The number of hydrogen-bond acceptors (Lipinski definition) is 3. The highest BCUT2D eigenvalue weighted by atomic mass is 32.2. The highest BCUT2D eigenvalue weighted by Gasteiger charge is 2.15. The molecule has 4 rings (SSSR count). The number of rotatable bonds is 6. The normalized spacial score (nSPS) is 11.3. The molecule has 3 aromatic carbocycles. The van der Waals surface area contributed by atoms with Gasteiger partial charge in [-0.15, -0.1) is 0 Å². The molecule has 0 aliphatic heterocycles. The number of benzene rings is 3. The maximum atomic E-state index is 9.89. The van der Waals surface area contributed by atoms with Crippen LogP contribution >= 0.6 is 11.8 Å². The van der Waals surface area contributed by atoms with Crippen molar-refractivity contribution < 1.29 is 9.52 Å². The van der Waals surface area contributed by atoms with Gasteiger partial charge in [0, 0.05) is 28.4 Å². The molecule has 0 amide bonds. The van der Waals surface area contributed by atoms with Crippen LogP contribution in [0.15, 0.2) is 89.5 Å². The third kappa shape index (κ3) is 3.49. The van der Waals surface area contributed by atoms with Gasteiger partial charge in [-0.3, -0.25) is 0 Å². The van der Waals surface area contributed by atoms with Gasteiger partial charge in [0.25, 0.3) is 0 Å². The largest absolute Gasteiger partial charge is 0.504 e. The second-order valence-electron chi connectivity index (χ2n) is 6.30. The van der Waals surface area contributed by atoms with E-state index in [4.69, 9.17) is 4.42 Å². The predicted octanol–water partition coefficient (Wildman–Crippen LogP) is 6.20. The van der Waals surface area contributed by atoms with Crippen LogP contribution < -0.4 is 0 Å². The van der Waals surface area contributed by atoms with Gasteiger partial charge in [0.1, 0.15) is 0 Å². The molecule has 1 heterocycles. The second kappa shape index (κ2) is 7.71.